The van der Waals surface area contributed by atoms with Crippen LogP contribution in [0.5, 0.6) is 0 Å². The summed E-state index contributed by atoms with van der Waals surface area (Å²) in [5, 5.41) is 0. The molecule has 0 saturated carbocycles. The summed E-state index contributed by atoms with van der Waals surface area (Å²) in [5.41, 5.74) is 6.74. The lowest BCUT2D eigenvalue weighted by Crippen LogP contribution is -2.44. The fraction of sp³-hybridized carbons (Fsp3) is 0.417. The van der Waals surface area contributed by atoms with Crippen LogP contribution in [-0.2, 0) is 14.8 Å². The summed E-state index contributed by atoms with van der Waals surface area (Å²) in [6.07, 6.45) is 0. The maximum atomic E-state index is 12.1. The van der Waals surface area contributed by atoms with Crippen molar-refractivity contribution in [1.29, 1.82) is 0 Å². The van der Waals surface area contributed by atoms with Crippen LogP contribution in [0.2, 0.25) is 0 Å². The number of carbonyl (C=O) groups excluding carboxylic acids is 1. The van der Waals surface area contributed by atoms with E-state index in [1.807, 2.05) is 6.92 Å². The van der Waals surface area contributed by atoms with Crippen LogP contribution in [0.4, 0.5) is 5.69 Å². The fourth-order valence-electron chi connectivity index (χ4n) is 1.65. The second-order valence-corrected chi connectivity index (χ2v) is 6.30. The second-order valence-electron chi connectivity index (χ2n) is 4.62. The van der Waals surface area contributed by atoms with Crippen LogP contribution >= 0.6 is 0 Å². The van der Waals surface area contributed by atoms with Gasteiger partial charge in [-0.25, -0.2) is 8.42 Å². The zero-order valence-electron chi connectivity index (χ0n) is 11.5. The van der Waals surface area contributed by atoms with E-state index in [4.69, 9.17) is 5.73 Å². The van der Waals surface area contributed by atoms with Gasteiger partial charge in [-0.2, -0.15) is 4.72 Å². The molecule has 0 aliphatic carbocycles. The molecule has 0 fully saturated rings. The van der Waals surface area contributed by atoms with Crippen molar-refractivity contribution in [2.75, 3.05) is 19.8 Å². The maximum Gasteiger partial charge on any atom is 0.243 e. The van der Waals surface area contributed by atoms with Crippen molar-refractivity contribution < 1.29 is 13.2 Å². The number of nitrogen functional groups attached to an aromatic ring is 1. The normalized spacial score (nSPS) is 13.1. The quantitative estimate of drug-likeness (QED) is 0.780. The minimum absolute atomic E-state index is 0.0171. The molecule has 0 spiro atoms. The summed E-state index contributed by atoms with van der Waals surface area (Å²) >= 11 is 0. The van der Waals surface area contributed by atoms with E-state index in [-0.39, 0.29) is 16.5 Å². The molecule has 6 nitrogen and oxygen atoms in total. The summed E-state index contributed by atoms with van der Waals surface area (Å²) in [6.45, 7) is 3.31. The summed E-state index contributed by atoms with van der Waals surface area (Å²) in [7, 11) is -0.682. The molecule has 0 aromatic heterocycles. The Bertz CT molecular complexity index is 582. The molecule has 19 heavy (non-hydrogen) atoms. The van der Waals surface area contributed by atoms with Gasteiger partial charge in [-0.15, -0.1) is 0 Å². The Morgan fingerprint density at radius 2 is 1.95 bits per heavy atom. The second kappa shape index (κ2) is 5.58. The molecular weight excluding hydrogens is 266 g/mol. The molecule has 1 rings (SSSR count). The third kappa shape index (κ3) is 3.68. The van der Waals surface area contributed by atoms with Crippen LogP contribution in [0.1, 0.15) is 12.5 Å². The van der Waals surface area contributed by atoms with Gasteiger partial charge in [0.1, 0.15) is 4.90 Å². The van der Waals surface area contributed by atoms with E-state index in [1.165, 1.54) is 17.9 Å². The largest absolute Gasteiger partial charge is 0.398 e. The van der Waals surface area contributed by atoms with Gasteiger partial charge in [0.2, 0.25) is 15.9 Å². The number of benzene rings is 1. The molecule has 0 aliphatic heterocycles. The molecule has 0 saturated heterocycles. The number of hydrogen-bond acceptors (Lipinski definition) is 4. The van der Waals surface area contributed by atoms with E-state index in [9.17, 15) is 13.2 Å². The zero-order chi connectivity index (χ0) is 14.8. The van der Waals surface area contributed by atoms with Gasteiger partial charge in [0.25, 0.3) is 0 Å². The molecule has 1 aromatic carbocycles. The molecule has 1 atom stereocenters. The van der Waals surface area contributed by atoms with Crippen molar-refractivity contribution >= 4 is 21.6 Å². The number of nitrogens with zero attached hydrogens (tertiary/aromatic N) is 1. The lowest BCUT2D eigenvalue weighted by Gasteiger charge is -2.18. The predicted molar refractivity (Wildman–Crippen MR) is 74.1 cm³/mol. The van der Waals surface area contributed by atoms with Gasteiger partial charge in [0.15, 0.2) is 0 Å². The number of nitrogens with one attached hydrogen (secondary N) is 1. The van der Waals surface area contributed by atoms with Crippen molar-refractivity contribution in [3.8, 4) is 0 Å². The van der Waals surface area contributed by atoms with E-state index < -0.39 is 16.1 Å². The molecule has 0 heterocycles. The molecule has 7 heteroatoms. The topological polar surface area (TPSA) is 92.5 Å². The Morgan fingerprint density at radius 3 is 2.42 bits per heavy atom. The molecule has 3 N–H and O–H groups in total. The van der Waals surface area contributed by atoms with Crippen LogP contribution in [0.15, 0.2) is 23.1 Å². The number of aryl methyl sites for hydroxylation is 1. The first-order valence-electron chi connectivity index (χ1n) is 5.75. The first-order valence-corrected chi connectivity index (χ1v) is 7.23. The summed E-state index contributed by atoms with van der Waals surface area (Å²) in [4.78, 5) is 13.0. The molecule has 0 aliphatic rings. The summed E-state index contributed by atoms with van der Waals surface area (Å²) in [6, 6.07) is 3.82. The summed E-state index contributed by atoms with van der Waals surface area (Å²) < 4.78 is 26.6. The Balaban J connectivity index is 3.02. The van der Waals surface area contributed by atoms with Crippen molar-refractivity contribution in [3.63, 3.8) is 0 Å². The highest BCUT2D eigenvalue weighted by Gasteiger charge is 2.24. The number of anilines is 1. The number of carbonyl (C=O) groups is 1. The van der Waals surface area contributed by atoms with E-state index in [2.05, 4.69) is 4.72 Å². The van der Waals surface area contributed by atoms with Crippen molar-refractivity contribution in [3.05, 3.63) is 23.8 Å². The number of sulfonamides is 1. The molecule has 0 radical (unpaired) electrons. The Hall–Kier alpha value is -1.60. The first-order chi connectivity index (χ1) is 8.65. The number of hydrogen-bond donors (Lipinski definition) is 2. The smallest absolute Gasteiger partial charge is 0.243 e. The van der Waals surface area contributed by atoms with Crippen LogP contribution in [0, 0.1) is 6.92 Å². The lowest BCUT2D eigenvalue weighted by atomic mass is 10.2. The van der Waals surface area contributed by atoms with E-state index >= 15 is 0 Å². The molecule has 1 aromatic rings. The maximum absolute atomic E-state index is 12.1. The molecule has 1 amide bonds. The Morgan fingerprint density at radius 1 is 1.37 bits per heavy atom. The standard InChI is InChI=1S/C12H19N3O3S/c1-8-5-6-11(10(13)7-8)19(17,18)14-9(2)12(16)15(3)4/h5-7,9,14H,13H2,1-4H3. The highest BCUT2D eigenvalue weighted by Crippen LogP contribution is 2.19. The number of rotatable bonds is 4. The predicted octanol–water partition coefficient (Wildman–Crippen LogP) is 0.332. The van der Waals surface area contributed by atoms with Gasteiger partial charge >= 0.3 is 0 Å². The monoisotopic (exact) mass is 285 g/mol. The van der Waals surface area contributed by atoms with Crippen LogP contribution in [0.25, 0.3) is 0 Å². The molecule has 0 bridgehead atoms. The third-order valence-electron chi connectivity index (χ3n) is 2.60. The minimum atomic E-state index is -3.81. The number of nitrogens with two attached hydrogens (primary N) is 1. The highest BCUT2D eigenvalue weighted by molar-refractivity contribution is 7.89. The van der Waals surface area contributed by atoms with Gasteiger partial charge in [-0.05, 0) is 31.5 Å². The molecule has 106 valence electrons. The van der Waals surface area contributed by atoms with Gasteiger partial charge < -0.3 is 10.6 Å². The van der Waals surface area contributed by atoms with Gasteiger partial charge in [-0.3, -0.25) is 4.79 Å². The number of likely N-dealkylation sites (N-methyl/N-ethyl adjacent to an activating group) is 1. The average Bonchev–Trinajstić information content (AvgIpc) is 2.26. The fourth-order valence-corrected chi connectivity index (χ4v) is 2.96. The number of amides is 1. The SMILES string of the molecule is Cc1ccc(S(=O)(=O)NC(C)C(=O)N(C)C)c(N)c1. The van der Waals surface area contributed by atoms with Crippen molar-refractivity contribution in [1.82, 2.24) is 9.62 Å². The van der Waals surface area contributed by atoms with Crippen molar-refractivity contribution in [2.24, 2.45) is 0 Å². The van der Waals surface area contributed by atoms with Crippen LogP contribution < -0.4 is 10.5 Å². The minimum Gasteiger partial charge on any atom is -0.398 e. The van der Waals surface area contributed by atoms with Gasteiger partial charge in [0, 0.05) is 14.1 Å². The zero-order valence-corrected chi connectivity index (χ0v) is 12.3. The third-order valence-corrected chi connectivity index (χ3v) is 4.21. The summed E-state index contributed by atoms with van der Waals surface area (Å²) in [5.74, 6) is -0.325. The highest BCUT2D eigenvalue weighted by atomic mass is 32.2. The Labute approximate surface area is 113 Å². The van der Waals surface area contributed by atoms with Crippen molar-refractivity contribution in [2.45, 2.75) is 24.8 Å². The molecular formula is C12H19N3O3S. The lowest BCUT2D eigenvalue weighted by molar-refractivity contribution is -0.130. The van der Waals surface area contributed by atoms with E-state index in [1.54, 1.807) is 26.2 Å². The van der Waals surface area contributed by atoms with Gasteiger partial charge in [-0.1, -0.05) is 6.07 Å². The molecule has 1 unspecified atom stereocenters. The van der Waals surface area contributed by atoms with Crippen LogP contribution in [-0.4, -0.2) is 39.4 Å². The average molecular weight is 285 g/mol. The van der Waals surface area contributed by atoms with E-state index in [0.717, 1.165) is 5.56 Å². The Kier molecular flexibility index (Phi) is 4.54. The van der Waals surface area contributed by atoms with E-state index in [0.29, 0.717) is 0 Å². The first kappa shape index (κ1) is 15.5. The van der Waals surface area contributed by atoms with Crippen LogP contribution in [0.3, 0.4) is 0 Å². The van der Waals surface area contributed by atoms with Gasteiger partial charge in [0.05, 0.1) is 11.7 Å².